The monoisotopic (exact) mass is 345 g/mol. The van der Waals surface area contributed by atoms with E-state index in [0.29, 0.717) is 12.6 Å². The standard InChI is InChI=1S/C13H10BrF2NO3/c1-3-17-5-6(13(19)20-2)12(18)9-10(14)7(15)4-8(16)11(9)17/h4-5H,3H2,1-2H3. The summed E-state index contributed by atoms with van der Waals surface area (Å²) in [5, 5.41) is -0.216. The second-order valence-electron chi connectivity index (χ2n) is 4.03. The Hall–Kier alpha value is -1.76. The van der Waals surface area contributed by atoms with Gasteiger partial charge in [-0.25, -0.2) is 13.6 Å². The fraction of sp³-hybridized carbons (Fsp3) is 0.231. The molecule has 1 heterocycles. The summed E-state index contributed by atoms with van der Waals surface area (Å²) in [6.07, 6.45) is 1.21. The summed E-state index contributed by atoms with van der Waals surface area (Å²) in [5.41, 5.74) is -1.10. The number of carbonyl (C=O) groups is 1. The van der Waals surface area contributed by atoms with Crippen molar-refractivity contribution in [2.24, 2.45) is 0 Å². The van der Waals surface area contributed by atoms with Crippen LogP contribution in [0, 0.1) is 11.6 Å². The molecule has 7 heteroatoms. The summed E-state index contributed by atoms with van der Waals surface area (Å²) in [5.74, 6) is -2.62. The normalized spacial score (nSPS) is 10.8. The van der Waals surface area contributed by atoms with Gasteiger partial charge in [-0.3, -0.25) is 4.79 Å². The van der Waals surface area contributed by atoms with Crippen LogP contribution in [0.4, 0.5) is 8.78 Å². The molecular weight excluding hydrogens is 336 g/mol. The van der Waals surface area contributed by atoms with Gasteiger partial charge in [0.2, 0.25) is 5.43 Å². The number of benzene rings is 1. The highest BCUT2D eigenvalue weighted by molar-refractivity contribution is 9.10. The number of rotatable bonds is 2. The van der Waals surface area contributed by atoms with Gasteiger partial charge < -0.3 is 9.30 Å². The minimum atomic E-state index is -0.906. The van der Waals surface area contributed by atoms with Crippen molar-refractivity contribution in [2.75, 3.05) is 7.11 Å². The second kappa shape index (κ2) is 5.32. The second-order valence-corrected chi connectivity index (χ2v) is 4.82. The van der Waals surface area contributed by atoms with Crippen molar-refractivity contribution in [3.05, 3.63) is 44.2 Å². The molecule has 2 rings (SSSR count). The Morgan fingerprint density at radius 3 is 2.60 bits per heavy atom. The van der Waals surface area contributed by atoms with Crippen molar-refractivity contribution >= 4 is 32.8 Å². The Kier molecular flexibility index (Phi) is 3.89. The van der Waals surface area contributed by atoms with Gasteiger partial charge in [0.05, 0.1) is 22.5 Å². The number of hydrogen-bond donors (Lipinski definition) is 0. The van der Waals surface area contributed by atoms with Crippen LogP contribution in [-0.4, -0.2) is 17.6 Å². The lowest BCUT2D eigenvalue weighted by atomic mass is 10.1. The lowest BCUT2D eigenvalue weighted by molar-refractivity contribution is 0.0598. The SMILES string of the molecule is CCn1cc(C(=O)OC)c(=O)c2c(Br)c(F)cc(F)c21. The van der Waals surface area contributed by atoms with Gasteiger partial charge in [-0.05, 0) is 22.9 Å². The Bertz CT molecular complexity index is 771. The predicted molar refractivity (Wildman–Crippen MR) is 72.8 cm³/mol. The Labute approximate surface area is 121 Å². The van der Waals surface area contributed by atoms with E-state index in [1.165, 1.54) is 10.8 Å². The number of aryl methyl sites for hydroxylation is 1. The fourth-order valence-electron chi connectivity index (χ4n) is 1.99. The van der Waals surface area contributed by atoms with Crippen LogP contribution in [0.15, 0.2) is 21.5 Å². The highest BCUT2D eigenvalue weighted by atomic mass is 79.9. The Morgan fingerprint density at radius 2 is 2.05 bits per heavy atom. The van der Waals surface area contributed by atoms with Crippen LogP contribution in [0.3, 0.4) is 0 Å². The summed E-state index contributed by atoms with van der Waals surface area (Å²) < 4.78 is 33.2. The number of fused-ring (bicyclic) bond motifs is 1. The highest BCUT2D eigenvalue weighted by Crippen LogP contribution is 2.27. The number of aromatic nitrogens is 1. The maximum Gasteiger partial charge on any atom is 0.343 e. The molecular formula is C13H10BrF2NO3. The summed E-state index contributed by atoms with van der Waals surface area (Å²) in [4.78, 5) is 23.8. The molecule has 0 aliphatic carbocycles. The number of carbonyl (C=O) groups excluding carboxylic acids is 1. The first-order chi connectivity index (χ1) is 9.42. The molecule has 1 aromatic heterocycles. The molecule has 0 N–H and O–H groups in total. The largest absolute Gasteiger partial charge is 0.465 e. The smallest absolute Gasteiger partial charge is 0.343 e. The van der Waals surface area contributed by atoms with E-state index in [1.54, 1.807) is 6.92 Å². The molecule has 4 nitrogen and oxygen atoms in total. The molecule has 0 spiro atoms. The van der Waals surface area contributed by atoms with E-state index in [1.807, 2.05) is 0 Å². The minimum Gasteiger partial charge on any atom is -0.465 e. The molecule has 0 amide bonds. The molecule has 0 aliphatic rings. The molecule has 0 saturated carbocycles. The number of halogens is 3. The molecule has 0 saturated heterocycles. The van der Waals surface area contributed by atoms with Crippen molar-refractivity contribution in [3.8, 4) is 0 Å². The molecule has 0 atom stereocenters. The average Bonchev–Trinajstić information content (AvgIpc) is 2.43. The maximum absolute atomic E-state index is 13.9. The average molecular weight is 346 g/mol. The third-order valence-corrected chi connectivity index (χ3v) is 3.71. The van der Waals surface area contributed by atoms with E-state index in [-0.39, 0.29) is 20.9 Å². The molecule has 0 unspecified atom stereocenters. The van der Waals surface area contributed by atoms with Crippen LogP contribution in [0.1, 0.15) is 17.3 Å². The lowest BCUT2D eigenvalue weighted by Gasteiger charge is -2.13. The third-order valence-electron chi connectivity index (χ3n) is 2.94. The van der Waals surface area contributed by atoms with Gasteiger partial charge in [-0.2, -0.15) is 0 Å². The molecule has 20 heavy (non-hydrogen) atoms. The van der Waals surface area contributed by atoms with Crippen molar-refractivity contribution < 1.29 is 18.3 Å². The molecule has 0 radical (unpaired) electrons. The van der Waals surface area contributed by atoms with Gasteiger partial charge in [0.15, 0.2) is 5.82 Å². The molecule has 2 aromatic rings. The molecule has 1 aromatic carbocycles. The van der Waals surface area contributed by atoms with Crippen LogP contribution in [-0.2, 0) is 11.3 Å². The summed E-state index contributed by atoms with van der Waals surface area (Å²) in [7, 11) is 1.13. The van der Waals surface area contributed by atoms with Crippen LogP contribution in [0.2, 0.25) is 0 Å². The zero-order chi connectivity index (χ0) is 15.0. The fourth-order valence-corrected chi connectivity index (χ4v) is 2.47. The van der Waals surface area contributed by atoms with Gasteiger partial charge in [-0.15, -0.1) is 0 Å². The van der Waals surface area contributed by atoms with Crippen molar-refractivity contribution in [2.45, 2.75) is 13.5 Å². The first kappa shape index (κ1) is 14.6. The Morgan fingerprint density at radius 1 is 1.40 bits per heavy atom. The number of methoxy groups -OCH3 is 1. The van der Waals surface area contributed by atoms with Crippen molar-refractivity contribution in [1.82, 2.24) is 4.57 Å². The molecule has 106 valence electrons. The van der Waals surface area contributed by atoms with Crippen LogP contribution in [0.5, 0.6) is 0 Å². The Balaban J connectivity index is 3.06. The molecule has 0 fully saturated rings. The summed E-state index contributed by atoms with van der Waals surface area (Å²) in [6.45, 7) is 2.01. The van der Waals surface area contributed by atoms with E-state index >= 15 is 0 Å². The zero-order valence-corrected chi connectivity index (χ0v) is 12.3. The van der Waals surface area contributed by atoms with E-state index in [2.05, 4.69) is 20.7 Å². The van der Waals surface area contributed by atoms with Crippen LogP contribution in [0.25, 0.3) is 10.9 Å². The number of hydrogen-bond acceptors (Lipinski definition) is 3. The number of pyridine rings is 1. The summed E-state index contributed by atoms with van der Waals surface area (Å²) >= 11 is 2.93. The first-order valence-electron chi connectivity index (χ1n) is 5.71. The van der Waals surface area contributed by atoms with Gasteiger partial charge in [0.1, 0.15) is 11.4 Å². The van der Waals surface area contributed by atoms with E-state index in [9.17, 15) is 18.4 Å². The number of esters is 1. The van der Waals surface area contributed by atoms with Gasteiger partial charge in [0.25, 0.3) is 0 Å². The predicted octanol–water partition coefficient (Wildman–Crippen LogP) is 2.85. The van der Waals surface area contributed by atoms with Gasteiger partial charge in [0, 0.05) is 18.8 Å². The van der Waals surface area contributed by atoms with Crippen molar-refractivity contribution in [1.29, 1.82) is 0 Å². The van der Waals surface area contributed by atoms with Crippen LogP contribution < -0.4 is 5.43 Å². The van der Waals surface area contributed by atoms with Gasteiger partial charge >= 0.3 is 5.97 Å². The van der Waals surface area contributed by atoms with Crippen LogP contribution >= 0.6 is 15.9 Å². The quantitative estimate of drug-likeness (QED) is 0.621. The zero-order valence-electron chi connectivity index (χ0n) is 10.7. The number of nitrogens with zero attached hydrogens (tertiary/aromatic N) is 1. The first-order valence-corrected chi connectivity index (χ1v) is 6.50. The van der Waals surface area contributed by atoms with Gasteiger partial charge in [-0.1, -0.05) is 0 Å². The summed E-state index contributed by atoms with van der Waals surface area (Å²) in [6, 6.07) is 0.690. The number of ether oxygens (including phenoxy) is 1. The molecule has 0 aliphatic heterocycles. The maximum atomic E-state index is 13.9. The van der Waals surface area contributed by atoms with Crippen molar-refractivity contribution in [3.63, 3.8) is 0 Å². The third kappa shape index (κ3) is 2.11. The highest BCUT2D eigenvalue weighted by Gasteiger charge is 2.21. The lowest BCUT2D eigenvalue weighted by Crippen LogP contribution is -2.21. The van der Waals surface area contributed by atoms with E-state index < -0.39 is 23.0 Å². The topological polar surface area (TPSA) is 48.3 Å². The van der Waals surface area contributed by atoms with E-state index in [0.717, 1.165) is 7.11 Å². The van der Waals surface area contributed by atoms with E-state index in [4.69, 9.17) is 0 Å². The minimum absolute atomic E-state index is 0.0570. The molecule has 0 bridgehead atoms.